The summed E-state index contributed by atoms with van der Waals surface area (Å²) in [6.45, 7) is 55.7. The van der Waals surface area contributed by atoms with Gasteiger partial charge in [0.05, 0.1) is 22.8 Å². The van der Waals surface area contributed by atoms with Crippen molar-refractivity contribution < 1.29 is 0 Å². The van der Waals surface area contributed by atoms with E-state index < -0.39 is 0 Å². The lowest BCUT2D eigenvalue weighted by Gasteiger charge is -2.26. The van der Waals surface area contributed by atoms with Gasteiger partial charge >= 0.3 is 0 Å². The van der Waals surface area contributed by atoms with E-state index in [0.717, 1.165) is 112 Å². The van der Waals surface area contributed by atoms with Gasteiger partial charge in [0.15, 0.2) is 0 Å². The second-order valence-corrected chi connectivity index (χ2v) is 35.6. The SMILES string of the molecule is CC(C)(C)c1cc(-c2c3nc(c(-c4cc(C(C)(C)C)cc(C(C)(C)C)c4)c4ccc([nH]4)c(-c4cc(C(C)(C)C)cc(C(C)(C)C)c4)c4nc(c(-c5cc(C(C)(C)C)cc(C(C)(C)C)c5)c5ccc2[nH]5)-c2nc(-c5ccccc5)c(-c5ccccc5)nc2-4)C=C3)cc(C(C)(C)C)c1. The molecule has 8 bridgehead atoms. The van der Waals surface area contributed by atoms with Crippen LogP contribution in [0.15, 0.2) is 158 Å². The van der Waals surface area contributed by atoms with E-state index in [4.69, 9.17) is 19.9 Å². The van der Waals surface area contributed by atoms with E-state index in [1.807, 2.05) is 0 Å². The monoisotopic (exact) mass is 1270 g/mol. The van der Waals surface area contributed by atoms with Gasteiger partial charge in [-0.3, -0.25) is 0 Å². The lowest BCUT2D eigenvalue weighted by Crippen LogP contribution is -2.16. The Morgan fingerprint density at radius 3 is 0.667 bits per heavy atom. The van der Waals surface area contributed by atoms with Crippen LogP contribution in [0.25, 0.3) is 124 Å². The van der Waals surface area contributed by atoms with Crippen LogP contribution in [-0.4, -0.2) is 29.9 Å². The largest absolute Gasteiger partial charge is 0.354 e. The Kier molecular flexibility index (Phi) is 16.5. The van der Waals surface area contributed by atoms with Crippen molar-refractivity contribution in [1.82, 2.24) is 29.9 Å². The number of aromatic nitrogens is 6. The molecule has 4 aromatic heterocycles. The molecular weight excluding hydrogens is 1170 g/mol. The standard InChI is InChI=1S/C90H102N6/c1-83(2,3)59-41-55(42-60(49-59)84(4,5)6)73-67-35-36-68(91-67)74(56-43-61(85(7,8)9)50-62(44-56)86(10,11)12)70-38-40-72(93-70)76(58-47-65(89(19,20)21)52-66(48-58)90(22,23)24)80-82-81(94-77(53-31-27-25-28-32-53)78(95-82)54-33-29-26-30-34-54)79(96-80)75(71-39-37-69(73)92-71)57-45-63(87(13,14)15)51-64(46-57)88(16,17)18/h25-52,92-93H,1-24H3. The quantitative estimate of drug-likeness (QED) is 0.174. The van der Waals surface area contributed by atoms with Crippen LogP contribution >= 0.6 is 0 Å². The van der Waals surface area contributed by atoms with Crippen LogP contribution in [0.3, 0.4) is 0 Å². The predicted molar refractivity (Wildman–Crippen MR) is 412 cm³/mol. The molecule has 492 valence electrons. The third-order valence-corrected chi connectivity index (χ3v) is 19.6. The van der Waals surface area contributed by atoms with E-state index in [1.54, 1.807) is 0 Å². The number of aromatic amines is 2. The van der Waals surface area contributed by atoms with Gasteiger partial charge in [-0.15, -0.1) is 0 Å². The number of rotatable bonds is 6. The van der Waals surface area contributed by atoms with Gasteiger partial charge in [-0.2, -0.15) is 0 Å². The summed E-state index contributed by atoms with van der Waals surface area (Å²) in [5, 5.41) is 0. The van der Waals surface area contributed by atoms with Crippen LogP contribution in [0.5, 0.6) is 0 Å². The van der Waals surface area contributed by atoms with E-state index >= 15 is 0 Å². The molecular formula is C90H102N6. The smallest absolute Gasteiger partial charge is 0.118 e. The Morgan fingerprint density at radius 1 is 0.208 bits per heavy atom. The summed E-state index contributed by atoms with van der Waals surface area (Å²) in [5.41, 5.74) is 28.6. The van der Waals surface area contributed by atoms with Crippen molar-refractivity contribution in [3.8, 4) is 89.8 Å². The van der Waals surface area contributed by atoms with Crippen molar-refractivity contribution >= 4 is 34.2 Å². The maximum atomic E-state index is 6.29. The number of H-pyrrole nitrogens is 2. The molecule has 0 amide bonds. The van der Waals surface area contributed by atoms with Crippen molar-refractivity contribution in [3.05, 3.63) is 214 Å². The molecule has 0 radical (unpaired) electrons. The summed E-state index contributed by atoms with van der Waals surface area (Å²) < 4.78 is 0. The molecule has 10 aromatic rings. The highest BCUT2D eigenvalue weighted by atomic mass is 14.9. The van der Waals surface area contributed by atoms with Crippen LogP contribution in [0.2, 0.25) is 0 Å². The van der Waals surface area contributed by atoms with E-state index in [1.165, 1.54) is 44.5 Å². The highest BCUT2D eigenvalue weighted by molar-refractivity contribution is 6.05. The lowest BCUT2D eigenvalue weighted by molar-refractivity contribution is 0.568. The summed E-state index contributed by atoms with van der Waals surface area (Å²) >= 11 is 0. The minimum absolute atomic E-state index is 0.153. The van der Waals surface area contributed by atoms with E-state index in [0.29, 0.717) is 11.4 Å². The second-order valence-electron chi connectivity index (χ2n) is 35.6. The molecule has 0 saturated carbocycles. The fourth-order valence-electron chi connectivity index (χ4n) is 13.2. The van der Waals surface area contributed by atoms with E-state index in [2.05, 4.69) is 346 Å². The van der Waals surface area contributed by atoms with Crippen molar-refractivity contribution in [3.63, 3.8) is 0 Å². The maximum Gasteiger partial charge on any atom is 0.118 e. The van der Waals surface area contributed by atoms with Crippen molar-refractivity contribution in [2.45, 2.75) is 209 Å². The molecule has 2 aliphatic rings. The van der Waals surface area contributed by atoms with E-state index in [9.17, 15) is 0 Å². The molecule has 0 aliphatic carbocycles. The molecule has 2 N–H and O–H groups in total. The fraction of sp³-hybridized carbons (Fsp3) is 0.356. The summed E-state index contributed by atoms with van der Waals surface area (Å²) in [7, 11) is 0. The van der Waals surface area contributed by atoms with Crippen molar-refractivity contribution in [1.29, 1.82) is 0 Å². The minimum Gasteiger partial charge on any atom is -0.354 e. The first-order valence-corrected chi connectivity index (χ1v) is 34.8. The third-order valence-electron chi connectivity index (χ3n) is 19.6. The molecule has 6 nitrogen and oxygen atoms in total. The summed E-state index contributed by atoms with van der Waals surface area (Å²) in [5.74, 6) is 0. The number of nitrogens with one attached hydrogen (secondary N) is 2. The molecule has 0 saturated heterocycles. The average molecular weight is 1270 g/mol. The Bertz CT molecular complexity index is 4470. The Labute approximate surface area is 573 Å². The molecule has 6 aromatic carbocycles. The normalized spacial score (nSPS) is 13.4. The van der Waals surface area contributed by atoms with Crippen LogP contribution < -0.4 is 0 Å². The first-order chi connectivity index (χ1) is 44.6. The highest BCUT2D eigenvalue weighted by Crippen LogP contribution is 2.50. The number of hydrogen-bond donors (Lipinski definition) is 2. The molecule has 96 heavy (non-hydrogen) atoms. The van der Waals surface area contributed by atoms with Gasteiger partial charge in [-0.05, 0) is 146 Å². The van der Waals surface area contributed by atoms with E-state index in [-0.39, 0.29) is 43.3 Å². The maximum absolute atomic E-state index is 6.29. The predicted octanol–water partition coefficient (Wildman–Crippen LogP) is 25.0. The molecule has 2 aliphatic heterocycles. The van der Waals surface area contributed by atoms with Crippen molar-refractivity contribution in [2.24, 2.45) is 0 Å². The minimum atomic E-state index is -0.203. The van der Waals surface area contributed by atoms with Gasteiger partial charge in [0.1, 0.15) is 22.8 Å². The Balaban J connectivity index is 1.40. The second kappa shape index (κ2) is 23.5. The third kappa shape index (κ3) is 13.2. The molecule has 6 heteroatoms. The molecule has 12 rings (SSSR count). The fourth-order valence-corrected chi connectivity index (χ4v) is 13.2. The summed E-state index contributed by atoms with van der Waals surface area (Å²) in [4.78, 5) is 32.8. The van der Waals surface area contributed by atoms with Gasteiger partial charge in [-0.1, -0.05) is 300 Å². The lowest BCUT2D eigenvalue weighted by atomic mass is 9.78. The Hall–Kier alpha value is -8.74. The van der Waals surface area contributed by atoms with Gasteiger partial charge < -0.3 is 9.97 Å². The topological polar surface area (TPSA) is 83.1 Å². The van der Waals surface area contributed by atoms with Gasteiger partial charge in [0, 0.05) is 55.4 Å². The zero-order valence-electron chi connectivity index (χ0n) is 62.0. The molecule has 0 spiro atoms. The number of benzene rings is 6. The van der Waals surface area contributed by atoms with Crippen molar-refractivity contribution in [2.75, 3.05) is 0 Å². The van der Waals surface area contributed by atoms with Crippen LogP contribution in [0, 0.1) is 0 Å². The average Bonchev–Trinajstić information content (AvgIpc) is 1.55. The molecule has 6 heterocycles. The van der Waals surface area contributed by atoms with Crippen LogP contribution in [-0.2, 0) is 43.3 Å². The Morgan fingerprint density at radius 2 is 0.427 bits per heavy atom. The highest BCUT2D eigenvalue weighted by Gasteiger charge is 2.34. The van der Waals surface area contributed by atoms with Crippen LogP contribution in [0.1, 0.15) is 222 Å². The summed E-state index contributed by atoms with van der Waals surface area (Å²) in [6.07, 6.45) is 4.51. The zero-order valence-corrected chi connectivity index (χ0v) is 62.0. The number of hydrogen-bond acceptors (Lipinski definition) is 4. The first kappa shape index (κ1) is 67.2. The first-order valence-electron chi connectivity index (χ1n) is 34.8. The van der Waals surface area contributed by atoms with Gasteiger partial charge in [0.2, 0.25) is 0 Å². The number of nitrogens with zero attached hydrogens (tertiary/aromatic N) is 4. The molecule has 0 fully saturated rings. The van der Waals surface area contributed by atoms with Gasteiger partial charge in [0.25, 0.3) is 0 Å². The van der Waals surface area contributed by atoms with Crippen LogP contribution in [0.4, 0.5) is 0 Å². The van der Waals surface area contributed by atoms with Gasteiger partial charge in [-0.25, -0.2) is 19.9 Å². The summed E-state index contributed by atoms with van der Waals surface area (Å²) in [6, 6.07) is 59.2. The molecule has 0 atom stereocenters. The molecule has 0 unspecified atom stereocenters. The number of fused-ring (bicyclic) bond motifs is 11. The zero-order chi connectivity index (χ0) is 69.4.